The van der Waals surface area contributed by atoms with Gasteiger partial charge >= 0.3 is 0 Å². The molecular formula is C14H23NO2. The second-order valence-corrected chi connectivity index (χ2v) is 4.81. The van der Waals surface area contributed by atoms with Gasteiger partial charge in [-0.3, -0.25) is 0 Å². The number of para-hydroxylation sites is 1. The van der Waals surface area contributed by atoms with Crippen LogP contribution in [0.2, 0.25) is 0 Å². The van der Waals surface area contributed by atoms with Crippen LogP contribution in [0, 0.1) is 5.92 Å². The Morgan fingerprint density at radius 3 is 2.35 bits per heavy atom. The molecular weight excluding hydrogens is 214 g/mol. The number of rotatable bonds is 6. The summed E-state index contributed by atoms with van der Waals surface area (Å²) in [7, 11) is 0. The molecule has 0 amide bonds. The summed E-state index contributed by atoms with van der Waals surface area (Å²) in [4.78, 5) is 0. The predicted octanol–water partition coefficient (Wildman–Crippen LogP) is 2.45. The highest BCUT2D eigenvalue weighted by Gasteiger charge is 2.17. The SMILES string of the molecule is CC(NC(CCO)C(C)C)c1ccccc1O. The maximum absolute atomic E-state index is 9.77. The molecule has 0 saturated heterocycles. The van der Waals surface area contributed by atoms with Crippen molar-refractivity contribution in [1.29, 1.82) is 0 Å². The molecule has 1 aromatic carbocycles. The van der Waals surface area contributed by atoms with E-state index in [-0.39, 0.29) is 18.7 Å². The zero-order chi connectivity index (χ0) is 12.8. The highest BCUT2D eigenvalue weighted by Crippen LogP contribution is 2.24. The van der Waals surface area contributed by atoms with Gasteiger partial charge in [-0.25, -0.2) is 0 Å². The molecule has 2 unspecified atom stereocenters. The number of aliphatic hydroxyl groups excluding tert-OH is 1. The molecule has 0 bridgehead atoms. The normalized spacial score (nSPS) is 14.9. The summed E-state index contributed by atoms with van der Waals surface area (Å²) in [6.45, 7) is 6.47. The summed E-state index contributed by atoms with van der Waals surface area (Å²) >= 11 is 0. The molecule has 0 aliphatic rings. The lowest BCUT2D eigenvalue weighted by Crippen LogP contribution is -2.36. The van der Waals surface area contributed by atoms with Crippen molar-refractivity contribution in [1.82, 2.24) is 5.32 Å². The Morgan fingerprint density at radius 1 is 1.18 bits per heavy atom. The summed E-state index contributed by atoms with van der Waals surface area (Å²) in [5, 5.41) is 22.3. The van der Waals surface area contributed by atoms with Crippen molar-refractivity contribution in [2.24, 2.45) is 5.92 Å². The number of aliphatic hydroxyl groups is 1. The molecule has 0 radical (unpaired) electrons. The standard InChI is InChI=1S/C14H23NO2/c1-10(2)13(8-9-16)15-11(3)12-6-4-5-7-14(12)17/h4-7,10-11,13,15-17H,8-9H2,1-3H3. The Labute approximate surface area is 103 Å². The van der Waals surface area contributed by atoms with Gasteiger partial charge in [0.2, 0.25) is 0 Å². The molecule has 3 N–H and O–H groups in total. The van der Waals surface area contributed by atoms with Gasteiger partial charge in [-0.1, -0.05) is 32.0 Å². The van der Waals surface area contributed by atoms with Crippen LogP contribution in [0.3, 0.4) is 0 Å². The monoisotopic (exact) mass is 237 g/mol. The number of nitrogens with one attached hydrogen (secondary N) is 1. The Kier molecular flexibility index (Phi) is 5.45. The van der Waals surface area contributed by atoms with E-state index in [9.17, 15) is 5.11 Å². The Morgan fingerprint density at radius 2 is 1.82 bits per heavy atom. The molecule has 3 nitrogen and oxygen atoms in total. The molecule has 0 fully saturated rings. The van der Waals surface area contributed by atoms with Gasteiger partial charge in [0.1, 0.15) is 5.75 Å². The van der Waals surface area contributed by atoms with E-state index in [0.717, 1.165) is 12.0 Å². The van der Waals surface area contributed by atoms with Gasteiger partial charge in [-0.15, -0.1) is 0 Å². The average molecular weight is 237 g/mol. The zero-order valence-corrected chi connectivity index (χ0v) is 10.9. The van der Waals surface area contributed by atoms with E-state index in [0.29, 0.717) is 11.7 Å². The van der Waals surface area contributed by atoms with Crippen LogP contribution in [0.4, 0.5) is 0 Å². The number of aromatic hydroxyl groups is 1. The molecule has 0 aromatic heterocycles. The van der Waals surface area contributed by atoms with E-state index in [2.05, 4.69) is 19.2 Å². The lowest BCUT2D eigenvalue weighted by Gasteiger charge is -2.26. The molecule has 96 valence electrons. The van der Waals surface area contributed by atoms with Crippen molar-refractivity contribution in [2.45, 2.75) is 39.3 Å². The fraction of sp³-hybridized carbons (Fsp3) is 0.571. The third-order valence-corrected chi connectivity index (χ3v) is 3.11. The minimum absolute atomic E-state index is 0.0788. The molecule has 0 aliphatic carbocycles. The van der Waals surface area contributed by atoms with Crippen LogP contribution >= 0.6 is 0 Å². The molecule has 0 saturated carbocycles. The number of phenols is 1. The molecule has 0 spiro atoms. The van der Waals surface area contributed by atoms with E-state index in [1.165, 1.54) is 0 Å². The van der Waals surface area contributed by atoms with E-state index in [4.69, 9.17) is 5.11 Å². The van der Waals surface area contributed by atoms with Gasteiger partial charge in [0.15, 0.2) is 0 Å². The quantitative estimate of drug-likeness (QED) is 0.712. The third kappa shape index (κ3) is 4.02. The first-order chi connectivity index (χ1) is 8.06. The van der Waals surface area contributed by atoms with Crippen molar-refractivity contribution in [3.63, 3.8) is 0 Å². The van der Waals surface area contributed by atoms with Crippen LogP contribution in [0.15, 0.2) is 24.3 Å². The van der Waals surface area contributed by atoms with Gasteiger partial charge in [-0.05, 0) is 25.3 Å². The van der Waals surface area contributed by atoms with E-state index < -0.39 is 0 Å². The van der Waals surface area contributed by atoms with Crippen molar-refractivity contribution in [3.05, 3.63) is 29.8 Å². The van der Waals surface area contributed by atoms with Crippen molar-refractivity contribution in [2.75, 3.05) is 6.61 Å². The molecule has 17 heavy (non-hydrogen) atoms. The molecule has 3 heteroatoms. The summed E-state index contributed by atoms with van der Waals surface area (Å²) in [5.74, 6) is 0.773. The zero-order valence-electron chi connectivity index (χ0n) is 10.9. The van der Waals surface area contributed by atoms with Gasteiger partial charge in [0.05, 0.1) is 0 Å². The van der Waals surface area contributed by atoms with Crippen LogP contribution in [0.5, 0.6) is 5.75 Å². The van der Waals surface area contributed by atoms with Crippen molar-refractivity contribution >= 4 is 0 Å². The fourth-order valence-corrected chi connectivity index (χ4v) is 2.01. The Bertz CT molecular complexity index is 339. The minimum atomic E-state index is 0.0788. The highest BCUT2D eigenvalue weighted by atomic mass is 16.3. The van der Waals surface area contributed by atoms with Gasteiger partial charge < -0.3 is 15.5 Å². The van der Waals surface area contributed by atoms with Crippen molar-refractivity contribution < 1.29 is 10.2 Å². The second-order valence-electron chi connectivity index (χ2n) is 4.81. The molecule has 1 aromatic rings. The maximum atomic E-state index is 9.77. The summed E-state index contributed by atoms with van der Waals surface area (Å²) in [6.07, 6.45) is 0.732. The first-order valence-corrected chi connectivity index (χ1v) is 6.21. The average Bonchev–Trinajstić information content (AvgIpc) is 2.28. The first kappa shape index (κ1) is 14.0. The molecule has 2 atom stereocenters. The minimum Gasteiger partial charge on any atom is -0.508 e. The largest absolute Gasteiger partial charge is 0.508 e. The fourth-order valence-electron chi connectivity index (χ4n) is 2.01. The van der Waals surface area contributed by atoms with Crippen LogP contribution in [0.1, 0.15) is 38.8 Å². The Balaban J connectivity index is 2.70. The molecule has 0 aliphatic heterocycles. The highest BCUT2D eigenvalue weighted by molar-refractivity contribution is 5.34. The van der Waals surface area contributed by atoms with E-state index in [1.54, 1.807) is 6.07 Å². The smallest absolute Gasteiger partial charge is 0.120 e. The summed E-state index contributed by atoms with van der Waals surface area (Å²) in [6, 6.07) is 7.70. The van der Waals surface area contributed by atoms with Crippen molar-refractivity contribution in [3.8, 4) is 5.75 Å². The summed E-state index contributed by atoms with van der Waals surface area (Å²) in [5.41, 5.74) is 0.899. The van der Waals surface area contributed by atoms with Crippen LogP contribution in [-0.4, -0.2) is 22.9 Å². The van der Waals surface area contributed by atoms with E-state index in [1.807, 2.05) is 25.1 Å². The number of hydrogen-bond donors (Lipinski definition) is 3. The first-order valence-electron chi connectivity index (χ1n) is 6.21. The van der Waals surface area contributed by atoms with Gasteiger partial charge in [-0.2, -0.15) is 0 Å². The van der Waals surface area contributed by atoms with Crippen LogP contribution < -0.4 is 5.32 Å². The number of phenolic OH excluding ortho intramolecular Hbond substituents is 1. The Hall–Kier alpha value is -1.06. The number of benzene rings is 1. The van der Waals surface area contributed by atoms with Gasteiger partial charge in [0.25, 0.3) is 0 Å². The van der Waals surface area contributed by atoms with Crippen LogP contribution in [-0.2, 0) is 0 Å². The topological polar surface area (TPSA) is 52.5 Å². The lowest BCUT2D eigenvalue weighted by molar-refractivity contribution is 0.236. The summed E-state index contributed by atoms with van der Waals surface area (Å²) < 4.78 is 0. The van der Waals surface area contributed by atoms with E-state index >= 15 is 0 Å². The predicted molar refractivity (Wildman–Crippen MR) is 70.0 cm³/mol. The molecule has 0 heterocycles. The second kappa shape index (κ2) is 6.62. The van der Waals surface area contributed by atoms with Crippen LogP contribution in [0.25, 0.3) is 0 Å². The van der Waals surface area contributed by atoms with Gasteiger partial charge in [0, 0.05) is 24.3 Å². The maximum Gasteiger partial charge on any atom is 0.120 e. The third-order valence-electron chi connectivity index (χ3n) is 3.11. The molecule has 1 rings (SSSR count). The number of hydrogen-bond acceptors (Lipinski definition) is 3. The lowest BCUT2D eigenvalue weighted by atomic mass is 9.98.